The number of aryl methyl sites for hydroxylation is 2. The summed E-state index contributed by atoms with van der Waals surface area (Å²) in [6.45, 7) is 4.20. The molecule has 130 valence electrons. The van der Waals surface area contributed by atoms with E-state index in [1.54, 1.807) is 0 Å². The Labute approximate surface area is 152 Å². The number of nitrogens with one attached hydrogen (secondary N) is 2. The average molecular weight is 343 g/mol. The smallest absolute Gasteiger partial charge is 0.227 e. The molecule has 0 fully saturated rings. The molecule has 26 heavy (non-hydrogen) atoms. The average Bonchev–Trinajstić information content (AvgIpc) is 3.06. The number of nitrogens with zero attached hydrogens (tertiary/aromatic N) is 3. The predicted molar refractivity (Wildman–Crippen MR) is 105 cm³/mol. The largest absolute Gasteiger partial charge is 0.346 e. The van der Waals surface area contributed by atoms with E-state index in [0.717, 1.165) is 40.7 Å². The van der Waals surface area contributed by atoms with Crippen molar-refractivity contribution in [3.63, 3.8) is 0 Å². The standard InChI is InChI=1S/C21H21N5/c1-3-15-4-6-18(7-5-15)26-21-24-11-16(12-25-21)9-17-13-23-20-19(17)8-14(2)10-22-20/h4-8,10-13H,3,9H2,1-2H3,(H,22,23)(H,24,25,26). The fourth-order valence-electron chi connectivity index (χ4n) is 2.99. The molecule has 0 spiro atoms. The first-order valence-electron chi connectivity index (χ1n) is 8.81. The zero-order chi connectivity index (χ0) is 17.9. The Hall–Kier alpha value is -3.21. The number of pyridine rings is 1. The van der Waals surface area contributed by atoms with Gasteiger partial charge in [0, 0.05) is 42.3 Å². The maximum Gasteiger partial charge on any atom is 0.227 e. The van der Waals surface area contributed by atoms with Gasteiger partial charge in [0.05, 0.1) is 0 Å². The highest BCUT2D eigenvalue weighted by Crippen LogP contribution is 2.21. The number of H-pyrrole nitrogens is 1. The van der Waals surface area contributed by atoms with Crippen molar-refractivity contribution >= 4 is 22.7 Å². The summed E-state index contributed by atoms with van der Waals surface area (Å²) in [6.07, 6.45) is 9.44. The Morgan fingerprint density at radius 2 is 1.73 bits per heavy atom. The van der Waals surface area contributed by atoms with E-state index >= 15 is 0 Å². The van der Waals surface area contributed by atoms with E-state index in [9.17, 15) is 0 Å². The Bertz CT molecular complexity index is 1020. The summed E-state index contributed by atoms with van der Waals surface area (Å²) >= 11 is 0. The van der Waals surface area contributed by atoms with Gasteiger partial charge in [0.1, 0.15) is 5.65 Å². The molecule has 0 atom stereocenters. The minimum absolute atomic E-state index is 0.606. The predicted octanol–water partition coefficient (Wildman–Crippen LogP) is 4.56. The SMILES string of the molecule is CCc1ccc(Nc2ncc(Cc3c[nH]c4ncc(C)cc34)cn2)cc1. The van der Waals surface area contributed by atoms with Crippen LogP contribution in [0, 0.1) is 6.92 Å². The van der Waals surface area contributed by atoms with E-state index in [4.69, 9.17) is 0 Å². The van der Waals surface area contributed by atoms with Crippen molar-refractivity contribution in [2.75, 3.05) is 5.32 Å². The molecular formula is C21H21N5. The maximum atomic E-state index is 4.45. The van der Waals surface area contributed by atoms with Crippen LogP contribution in [0.15, 0.2) is 55.1 Å². The number of hydrogen-bond donors (Lipinski definition) is 2. The molecule has 3 heterocycles. The Morgan fingerprint density at radius 1 is 0.962 bits per heavy atom. The first-order chi connectivity index (χ1) is 12.7. The van der Waals surface area contributed by atoms with Crippen LogP contribution >= 0.6 is 0 Å². The molecule has 0 saturated heterocycles. The van der Waals surface area contributed by atoms with Gasteiger partial charge in [0.2, 0.25) is 5.95 Å². The molecule has 3 aromatic heterocycles. The number of fused-ring (bicyclic) bond motifs is 1. The normalized spacial score (nSPS) is 11.0. The van der Waals surface area contributed by atoms with Gasteiger partial charge in [-0.2, -0.15) is 0 Å². The van der Waals surface area contributed by atoms with Crippen LogP contribution in [0.2, 0.25) is 0 Å². The summed E-state index contributed by atoms with van der Waals surface area (Å²) < 4.78 is 0. The quantitative estimate of drug-likeness (QED) is 0.557. The molecule has 0 aliphatic carbocycles. The molecule has 0 radical (unpaired) electrons. The van der Waals surface area contributed by atoms with E-state index in [1.165, 1.54) is 11.1 Å². The van der Waals surface area contributed by atoms with Gasteiger partial charge in [-0.3, -0.25) is 0 Å². The number of aromatic nitrogens is 4. The van der Waals surface area contributed by atoms with Gasteiger partial charge in [0.15, 0.2) is 0 Å². The third-order valence-electron chi connectivity index (χ3n) is 4.47. The third kappa shape index (κ3) is 3.42. The molecular weight excluding hydrogens is 322 g/mol. The summed E-state index contributed by atoms with van der Waals surface area (Å²) in [5, 5.41) is 4.40. The molecule has 2 N–H and O–H groups in total. The van der Waals surface area contributed by atoms with Crippen LogP contribution in [0.3, 0.4) is 0 Å². The van der Waals surface area contributed by atoms with Gasteiger partial charge >= 0.3 is 0 Å². The van der Waals surface area contributed by atoms with E-state index in [-0.39, 0.29) is 0 Å². The van der Waals surface area contributed by atoms with Crippen LogP contribution in [0.25, 0.3) is 11.0 Å². The lowest BCUT2D eigenvalue weighted by Crippen LogP contribution is -1.98. The van der Waals surface area contributed by atoms with E-state index in [1.807, 2.05) is 24.8 Å². The highest BCUT2D eigenvalue weighted by Gasteiger charge is 2.07. The first kappa shape index (κ1) is 16.3. The lowest BCUT2D eigenvalue weighted by atomic mass is 10.1. The van der Waals surface area contributed by atoms with Crippen molar-refractivity contribution in [3.8, 4) is 0 Å². The van der Waals surface area contributed by atoms with Crippen molar-refractivity contribution in [1.29, 1.82) is 0 Å². The second-order valence-electron chi connectivity index (χ2n) is 6.49. The highest BCUT2D eigenvalue weighted by molar-refractivity contribution is 5.80. The molecule has 5 nitrogen and oxygen atoms in total. The molecule has 0 bridgehead atoms. The molecule has 0 unspecified atom stereocenters. The lowest BCUT2D eigenvalue weighted by Gasteiger charge is -2.06. The van der Waals surface area contributed by atoms with Crippen LogP contribution in [-0.4, -0.2) is 19.9 Å². The number of benzene rings is 1. The summed E-state index contributed by atoms with van der Waals surface area (Å²) in [6, 6.07) is 10.5. The van der Waals surface area contributed by atoms with Gasteiger partial charge in [-0.05, 0) is 53.8 Å². The molecule has 0 aliphatic heterocycles. The summed E-state index contributed by atoms with van der Waals surface area (Å²) in [4.78, 5) is 16.5. The minimum atomic E-state index is 0.606. The number of aromatic amines is 1. The fraction of sp³-hybridized carbons (Fsp3) is 0.190. The van der Waals surface area contributed by atoms with Crippen LogP contribution < -0.4 is 5.32 Å². The second kappa shape index (κ2) is 6.96. The Morgan fingerprint density at radius 3 is 2.46 bits per heavy atom. The lowest BCUT2D eigenvalue weighted by molar-refractivity contribution is 1.08. The van der Waals surface area contributed by atoms with Gasteiger partial charge in [-0.1, -0.05) is 19.1 Å². The van der Waals surface area contributed by atoms with E-state index in [2.05, 4.69) is 69.4 Å². The summed E-state index contributed by atoms with van der Waals surface area (Å²) in [7, 11) is 0. The van der Waals surface area contributed by atoms with Crippen LogP contribution in [0.4, 0.5) is 11.6 Å². The molecule has 4 aromatic rings. The highest BCUT2D eigenvalue weighted by atomic mass is 15.1. The Kier molecular flexibility index (Phi) is 4.35. The molecule has 1 aromatic carbocycles. The van der Waals surface area contributed by atoms with Crippen molar-refractivity contribution < 1.29 is 0 Å². The van der Waals surface area contributed by atoms with Gasteiger partial charge in [-0.15, -0.1) is 0 Å². The van der Waals surface area contributed by atoms with Crippen molar-refractivity contribution in [3.05, 3.63) is 77.4 Å². The van der Waals surface area contributed by atoms with Crippen molar-refractivity contribution in [1.82, 2.24) is 19.9 Å². The number of hydrogen-bond acceptors (Lipinski definition) is 4. The topological polar surface area (TPSA) is 66.5 Å². The minimum Gasteiger partial charge on any atom is -0.346 e. The molecule has 5 heteroatoms. The first-order valence-corrected chi connectivity index (χ1v) is 8.81. The van der Waals surface area contributed by atoms with E-state index < -0.39 is 0 Å². The van der Waals surface area contributed by atoms with Crippen molar-refractivity contribution in [2.24, 2.45) is 0 Å². The zero-order valence-corrected chi connectivity index (χ0v) is 15.0. The molecule has 0 saturated carbocycles. The van der Waals surface area contributed by atoms with Gasteiger partial charge in [-0.25, -0.2) is 15.0 Å². The summed E-state index contributed by atoms with van der Waals surface area (Å²) in [5.74, 6) is 0.606. The summed E-state index contributed by atoms with van der Waals surface area (Å²) in [5.41, 5.74) is 6.65. The Balaban J connectivity index is 1.49. The molecule has 4 rings (SSSR count). The molecule has 0 amide bonds. The monoisotopic (exact) mass is 343 g/mol. The van der Waals surface area contributed by atoms with Crippen LogP contribution in [0.5, 0.6) is 0 Å². The number of anilines is 2. The zero-order valence-electron chi connectivity index (χ0n) is 15.0. The van der Waals surface area contributed by atoms with Crippen molar-refractivity contribution in [2.45, 2.75) is 26.7 Å². The third-order valence-corrected chi connectivity index (χ3v) is 4.47. The maximum absolute atomic E-state index is 4.45. The fourth-order valence-corrected chi connectivity index (χ4v) is 2.99. The van der Waals surface area contributed by atoms with Crippen LogP contribution in [-0.2, 0) is 12.8 Å². The second-order valence-corrected chi connectivity index (χ2v) is 6.49. The van der Waals surface area contributed by atoms with Crippen LogP contribution in [0.1, 0.15) is 29.2 Å². The number of rotatable bonds is 5. The molecule has 0 aliphatic rings. The van der Waals surface area contributed by atoms with Gasteiger partial charge < -0.3 is 10.3 Å². The van der Waals surface area contributed by atoms with E-state index in [0.29, 0.717) is 5.95 Å². The van der Waals surface area contributed by atoms with Gasteiger partial charge in [0.25, 0.3) is 0 Å².